The van der Waals surface area contributed by atoms with Gasteiger partial charge in [-0.05, 0) is 23.1 Å². The van der Waals surface area contributed by atoms with Crippen LogP contribution in [0.5, 0.6) is 0 Å². The van der Waals surface area contributed by atoms with Crippen molar-refractivity contribution in [1.29, 1.82) is 0 Å². The lowest BCUT2D eigenvalue weighted by atomic mass is 9.88. The third kappa shape index (κ3) is 3.25. The van der Waals surface area contributed by atoms with E-state index in [-0.39, 0.29) is 12.7 Å². The van der Waals surface area contributed by atoms with E-state index in [0.717, 1.165) is 18.9 Å². The zero-order valence-electron chi connectivity index (χ0n) is 12.2. The molecule has 4 nitrogen and oxygen atoms in total. The molecule has 19 heavy (non-hydrogen) atoms. The van der Waals surface area contributed by atoms with Crippen molar-refractivity contribution < 1.29 is 6.22 Å². The Morgan fingerprint density at radius 3 is 2.79 bits per heavy atom. The number of rotatable bonds is 3. The van der Waals surface area contributed by atoms with Gasteiger partial charge in [-0.2, -0.15) is 0 Å². The first-order valence-corrected chi connectivity index (χ1v) is 6.91. The van der Waals surface area contributed by atoms with Crippen molar-refractivity contribution in [1.82, 2.24) is 9.88 Å². The summed E-state index contributed by atoms with van der Waals surface area (Å²) < 4.78 is 0. The van der Waals surface area contributed by atoms with Crippen LogP contribution in [0.1, 0.15) is 41.1 Å². The molecule has 1 aliphatic heterocycles. The van der Waals surface area contributed by atoms with Crippen LogP contribution in [0.4, 0.5) is 5.82 Å². The van der Waals surface area contributed by atoms with Crippen LogP contribution in [0.3, 0.4) is 0 Å². The van der Waals surface area contributed by atoms with Crippen molar-refractivity contribution in [3.63, 3.8) is 0 Å². The number of nitrogens with one attached hydrogen (secondary N) is 1. The van der Waals surface area contributed by atoms with Crippen molar-refractivity contribution in [2.24, 2.45) is 0 Å². The maximum atomic E-state index is 11.5. The first-order chi connectivity index (χ1) is 8.90. The van der Waals surface area contributed by atoms with Crippen LogP contribution in [0, 0.1) is 0 Å². The highest BCUT2D eigenvalue weighted by Gasteiger charge is 2.29. The zero-order chi connectivity index (χ0) is 14.0. The summed E-state index contributed by atoms with van der Waals surface area (Å²) in [6, 6.07) is 4.49. The highest BCUT2D eigenvalue weighted by atomic mass is 16.2. The van der Waals surface area contributed by atoms with E-state index in [4.69, 9.17) is 0 Å². The fourth-order valence-corrected chi connectivity index (χ4v) is 2.18. The van der Waals surface area contributed by atoms with Crippen LogP contribution in [0.2, 0.25) is 0 Å². The van der Waals surface area contributed by atoms with Gasteiger partial charge in [0.05, 0.1) is 6.04 Å². The quantitative estimate of drug-likeness (QED) is 0.912. The normalized spacial score (nSPS) is 16.1. The molecule has 0 atom stereocenters. The summed E-state index contributed by atoms with van der Waals surface area (Å²) in [4.78, 5) is 17.7. The van der Waals surface area contributed by atoms with E-state index in [9.17, 15) is 4.79 Å². The van der Waals surface area contributed by atoms with Crippen molar-refractivity contribution in [3.8, 4) is 0 Å². The van der Waals surface area contributed by atoms with Crippen molar-refractivity contribution >= 4 is 11.7 Å². The minimum Gasteiger partial charge on any atom is -0.364 e. The van der Waals surface area contributed by atoms with E-state index in [2.05, 4.69) is 43.2 Å². The summed E-state index contributed by atoms with van der Waals surface area (Å²) in [7, 11) is 0. The van der Waals surface area contributed by atoms with Crippen molar-refractivity contribution in [2.45, 2.75) is 45.6 Å². The molecule has 0 saturated carbocycles. The second-order valence-corrected chi connectivity index (χ2v) is 6.17. The number of hydrogen-bond donors (Lipinski definition) is 1. The molecule has 0 bridgehead atoms. The number of pyridine rings is 1. The van der Waals surface area contributed by atoms with E-state index in [1.807, 2.05) is 18.0 Å². The molecular formula is C15H25N3O. The minimum absolute atomic E-state index is 0. The summed E-state index contributed by atoms with van der Waals surface area (Å²) in [5.74, 6) is 1.13. The summed E-state index contributed by atoms with van der Waals surface area (Å²) >= 11 is 0. The summed E-state index contributed by atoms with van der Waals surface area (Å²) in [5.41, 5.74) is 1.40. The summed E-state index contributed by atoms with van der Waals surface area (Å²) in [5, 5.41) is 3.39. The Balaban J connectivity index is 0.00000200. The number of anilines is 1. The molecule has 1 saturated heterocycles. The van der Waals surface area contributed by atoms with Gasteiger partial charge in [-0.3, -0.25) is 4.79 Å². The molecule has 1 N–H and O–H groups in total. The first kappa shape index (κ1) is 13.8. The number of aromatic nitrogens is 1. The molecule has 1 aromatic rings. The van der Waals surface area contributed by atoms with E-state index in [1.54, 1.807) is 0 Å². The molecule has 2 rings (SSSR count). The Labute approximate surface area is 116 Å². The first-order valence-electron chi connectivity index (χ1n) is 6.91. The van der Waals surface area contributed by atoms with Gasteiger partial charge >= 0.3 is 0 Å². The standard InChI is InChI=1S/C15H23N3O.H2/c1-5-14(19)18-9-12(10-18)17-13-8-11(6-7-16-13)15(2,3)4;/h6-8,12H,5,9-10H2,1-4H3,(H,16,17);1H. The molecule has 0 spiro atoms. The number of hydrogen-bond acceptors (Lipinski definition) is 3. The van der Waals surface area contributed by atoms with E-state index in [1.165, 1.54) is 5.56 Å². The molecule has 1 aromatic heterocycles. The van der Waals surface area contributed by atoms with Crippen LogP contribution in [0.25, 0.3) is 0 Å². The fraction of sp³-hybridized carbons (Fsp3) is 0.600. The number of carbonyl (C=O) groups excluding carboxylic acids is 1. The molecule has 4 heteroatoms. The van der Waals surface area contributed by atoms with Gasteiger partial charge in [0.2, 0.25) is 5.91 Å². The summed E-state index contributed by atoms with van der Waals surface area (Å²) in [6.07, 6.45) is 2.43. The highest BCUT2D eigenvalue weighted by molar-refractivity contribution is 5.77. The van der Waals surface area contributed by atoms with Crippen molar-refractivity contribution in [3.05, 3.63) is 23.9 Å². The average Bonchev–Trinajstić information content (AvgIpc) is 2.31. The predicted molar refractivity (Wildman–Crippen MR) is 79.3 cm³/mol. The maximum Gasteiger partial charge on any atom is 0.222 e. The Bertz CT molecular complexity index is 464. The van der Waals surface area contributed by atoms with Gasteiger partial charge in [0, 0.05) is 27.1 Å². The monoisotopic (exact) mass is 263 g/mol. The fourth-order valence-electron chi connectivity index (χ4n) is 2.18. The number of carbonyl (C=O) groups is 1. The zero-order valence-corrected chi connectivity index (χ0v) is 12.2. The van der Waals surface area contributed by atoms with Crippen molar-refractivity contribution in [2.75, 3.05) is 18.4 Å². The van der Waals surface area contributed by atoms with Crippen LogP contribution in [-0.4, -0.2) is 34.9 Å². The van der Waals surface area contributed by atoms with E-state index < -0.39 is 0 Å². The molecule has 0 unspecified atom stereocenters. The molecule has 106 valence electrons. The molecule has 0 aromatic carbocycles. The lowest BCUT2D eigenvalue weighted by Gasteiger charge is -2.39. The van der Waals surface area contributed by atoms with Gasteiger partial charge in [-0.15, -0.1) is 0 Å². The predicted octanol–water partition coefficient (Wildman–Crippen LogP) is 2.66. The molecule has 1 amide bonds. The topological polar surface area (TPSA) is 45.2 Å². The second-order valence-electron chi connectivity index (χ2n) is 6.17. The molecule has 0 aliphatic carbocycles. The number of likely N-dealkylation sites (tertiary alicyclic amines) is 1. The van der Waals surface area contributed by atoms with E-state index >= 15 is 0 Å². The maximum absolute atomic E-state index is 11.5. The number of amides is 1. The van der Waals surface area contributed by atoms with Gasteiger partial charge in [0.25, 0.3) is 0 Å². The SMILES string of the molecule is CCC(=O)N1CC(Nc2cc(C(C)(C)C)ccn2)C1.[HH]. The van der Waals surface area contributed by atoms with Gasteiger partial charge < -0.3 is 10.2 Å². The van der Waals surface area contributed by atoms with Crippen LogP contribution < -0.4 is 5.32 Å². The highest BCUT2D eigenvalue weighted by Crippen LogP contribution is 2.24. The molecule has 0 radical (unpaired) electrons. The van der Waals surface area contributed by atoms with Gasteiger partial charge in [-0.1, -0.05) is 27.7 Å². The van der Waals surface area contributed by atoms with Crippen LogP contribution in [0.15, 0.2) is 18.3 Å². The van der Waals surface area contributed by atoms with Crippen LogP contribution in [-0.2, 0) is 10.2 Å². The minimum atomic E-state index is 0. The second kappa shape index (κ2) is 5.19. The Morgan fingerprint density at radius 2 is 2.21 bits per heavy atom. The van der Waals surface area contributed by atoms with Gasteiger partial charge in [-0.25, -0.2) is 4.98 Å². The van der Waals surface area contributed by atoms with Crippen LogP contribution >= 0.6 is 0 Å². The molecular weight excluding hydrogens is 238 g/mol. The smallest absolute Gasteiger partial charge is 0.222 e. The molecule has 1 fully saturated rings. The van der Waals surface area contributed by atoms with E-state index in [0.29, 0.717) is 12.5 Å². The lowest BCUT2D eigenvalue weighted by Crippen LogP contribution is -2.56. The number of nitrogens with zero attached hydrogens (tertiary/aromatic N) is 2. The van der Waals surface area contributed by atoms with Gasteiger partial charge in [0.15, 0.2) is 0 Å². The average molecular weight is 263 g/mol. The molecule has 1 aliphatic rings. The lowest BCUT2D eigenvalue weighted by molar-refractivity contribution is -0.134. The Hall–Kier alpha value is -1.58. The van der Waals surface area contributed by atoms with Gasteiger partial charge in [0.1, 0.15) is 5.82 Å². The summed E-state index contributed by atoms with van der Waals surface area (Å²) in [6.45, 7) is 10.0. The largest absolute Gasteiger partial charge is 0.364 e. The third-order valence-electron chi connectivity index (χ3n) is 3.51. The molecule has 2 heterocycles. The Morgan fingerprint density at radius 1 is 1.53 bits per heavy atom. The third-order valence-corrected chi connectivity index (χ3v) is 3.51. The Kier molecular flexibility index (Phi) is 3.78.